The molecule has 4 aliphatic rings. The summed E-state index contributed by atoms with van der Waals surface area (Å²) in [6, 6.07) is 0. The molecule has 4 rings (SSSR count). The third kappa shape index (κ3) is 1.90. The van der Waals surface area contributed by atoms with E-state index in [-0.39, 0.29) is 29.5 Å². The van der Waals surface area contributed by atoms with Gasteiger partial charge in [0, 0.05) is 24.0 Å². The maximum atomic E-state index is 13.8. The van der Waals surface area contributed by atoms with Gasteiger partial charge in [-0.2, -0.15) is 0 Å². The average Bonchev–Trinajstić information content (AvgIpc) is 3.24. The second-order valence-corrected chi connectivity index (χ2v) is 8.14. The largest absolute Gasteiger partial charge is 0.495 e. The monoisotopic (exact) mass is 423 g/mol. The van der Waals surface area contributed by atoms with Crippen molar-refractivity contribution in [3.8, 4) is 0 Å². The molecular formula is C20H22ClNO7. The SMILES string of the molecule is COC1=C(OC)[C@]23C=C(Cl)[C@]4(C=C[C@](OC)(OC=O)C4=O)[C@]2(CCN3C)CC1=O. The molecule has 1 saturated heterocycles. The van der Waals surface area contributed by atoms with Crippen LogP contribution in [-0.2, 0) is 33.3 Å². The topological polar surface area (TPSA) is 91.4 Å². The zero-order valence-electron chi connectivity index (χ0n) is 16.6. The van der Waals surface area contributed by atoms with Crippen LogP contribution in [0.15, 0.2) is 34.8 Å². The van der Waals surface area contributed by atoms with Crippen molar-refractivity contribution < 1.29 is 33.3 Å². The number of ether oxygens (including phenoxy) is 4. The van der Waals surface area contributed by atoms with Gasteiger partial charge in [-0.05, 0) is 32.2 Å². The van der Waals surface area contributed by atoms with Crippen molar-refractivity contribution in [2.45, 2.75) is 24.2 Å². The second kappa shape index (κ2) is 6.17. The number of nitrogens with zero attached hydrogens (tertiary/aromatic N) is 1. The average molecular weight is 424 g/mol. The van der Waals surface area contributed by atoms with Crippen LogP contribution in [0.2, 0.25) is 0 Å². The predicted octanol–water partition coefficient (Wildman–Crippen LogP) is 1.30. The minimum absolute atomic E-state index is 0.0110. The Labute approximate surface area is 173 Å². The first-order valence-corrected chi connectivity index (χ1v) is 9.52. The summed E-state index contributed by atoms with van der Waals surface area (Å²) >= 11 is 6.78. The summed E-state index contributed by atoms with van der Waals surface area (Å²) in [6.45, 7) is 0.758. The second-order valence-electron chi connectivity index (χ2n) is 7.73. The maximum Gasteiger partial charge on any atom is 0.296 e. The highest BCUT2D eigenvalue weighted by Crippen LogP contribution is 2.73. The number of hydrogen-bond acceptors (Lipinski definition) is 8. The Balaban J connectivity index is 2.02. The van der Waals surface area contributed by atoms with E-state index in [4.69, 9.17) is 30.5 Å². The van der Waals surface area contributed by atoms with Crippen molar-refractivity contribution in [2.24, 2.45) is 10.8 Å². The molecule has 0 aromatic rings. The van der Waals surface area contributed by atoms with Crippen molar-refractivity contribution in [1.82, 2.24) is 4.90 Å². The standard InChI is InChI=1S/C20H22ClNO7/c1-22-8-7-17-9-12(24)14(26-2)15(27-3)19(17,22)10-13(21)18(17)5-6-20(28-4,16(18)25)29-11-23/h5-6,10-11H,7-9H2,1-4H3/t17-,18-,19+,20-/m0/s1. The Bertz CT molecular complexity index is 911. The van der Waals surface area contributed by atoms with E-state index in [1.54, 1.807) is 12.2 Å². The summed E-state index contributed by atoms with van der Waals surface area (Å²) in [5.41, 5.74) is -3.35. The van der Waals surface area contributed by atoms with E-state index in [9.17, 15) is 14.4 Å². The van der Waals surface area contributed by atoms with Crippen LogP contribution in [0.3, 0.4) is 0 Å². The minimum atomic E-state index is -1.90. The molecule has 0 aromatic carbocycles. The van der Waals surface area contributed by atoms with Crippen molar-refractivity contribution in [3.63, 3.8) is 0 Å². The quantitative estimate of drug-likeness (QED) is 0.371. The van der Waals surface area contributed by atoms with Gasteiger partial charge in [-0.3, -0.25) is 19.3 Å². The van der Waals surface area contributed by atoms with E-state index < -0.39 is 27.9 Å². The first-order chi connectivity index (χ1) is 13.8. The van der Waals surface area contributed by atoms with Gasteiger partial charge in [0.25, 0.3) is 12.3 Å². The van der Waals surface area contributed by atoms with E-state index in [1.807, 2.05) is 11.9 Å². The molecule has 0 saturated carbocycles. The summed E-state index contributed by atoms with van der Waals surface area (Å²) in [4.78, 5) is 40.0. The smallest absolute Gasteiger partial charge is 0.296 e. The first kappa shape index (κ1) is 20.1. The zero-order valence-corrected chi connectivity index (χ0v) is 17.4. The molecule has 0 N–H and O–H groups in total. The number of ketones is 2. The van der Waals surface area contributed by atoms with Gasteiger partial charge >= 0.3 is 0 Å². The maximum absolute atomic E-state index is 13.8. The molecule has 1 spiro atoms. The molecule has 0 unspecified atom stereocenters. The zero-order chi connectivity index (χ0) is 21.2. The molecular weight excluding hydrogens is 402 g/mol. The fourth-order valence-corrected chi connectivity index (χ4v) is 6.38. The van der Waals surface area contributed by atoms with Gasteiger partial charge in [0.15, 0.2) is 5.76 Å². The Morgan fingerprint density at radius 1 is 1.17 bits per heavy atom. The Morgan fingerprint density at radius 3 is 2.48 bits per heavy atom. The van der Waals surface area contributed by atoms with Crippen LogP contribution in [0, 0.1) is 10.8 Å². The molecule has 0 aromatic heterocycles. The summed E-state index contributed by atoms with van der Waals surface area (Å²) < 4.78 is 21.5. The molecule has 0 radical (unpaired) electrons. The number of allylic oxidation sites excluding steroid dienone is 3. The summed E-state index contributed by atoms with van der Waals surface area (Å²) in [7, 11) is 6.04. The van der Waals surface area contributed by atoms with Crippen LogP contribution in [0.1, 0.15) is 12.8 Å². The highest BCUT2D eigenvalue weighted by atomic mass is 35.5. The van der Waals surface area contributed by atoms with E-state index >= 15 is 0 Å². The first-order valence-electron chi connectivity index (χ1n) is 9.15. The number of carbonyl (C=O) groups excluding carboxylic acids is 3. The van der Waals surface area contributed by atoms with E-state index in [1.165, 1.54) is 27.4 Å². The molecule has 3 aliphatic carbocycles. The number of methoxy groups -OCH3 is 3. The number of Topliss-reactive ketones (excluding diaryl/α,β-unsaturated/α-hetero) is 2. The van der Waals surface area contributed by atoms with Gasteiger partial charge in [-0.1, -0.05) is 17.7 Å². The number of halogens is 1. The predicted molar refractivity (Wildman–Crippen MR) is 100 cm³/mol. The number of rotatable bonds is 5. The van der Waals surface area contributed by atoms with Crippen LogP contribution < -0.4 is 0 Å². The lowest BCUT2D eigenvalue weighted by atomic mass is 9.53. The van der Waals surface area contributed by atoms with Crippen molar-refractivity contribution >= 4 is 29.6 Å². The van der Waals surface area contributed by atoms with Crippen LogP contribution in [0.4, 0.5) is 0 Å². The highest BCUT2D eigenvalue weighted by Gasteiger charge is 2.80. The van der Waals surface area contributed by atoms with Crippen LogP contribution in [0.5, 0.6) is 0 Å². The van der Waals surface area contributed by atoms with Gasteiger partial charge < -0.3 is 18.9 Å². The van der Waals surface area contributed by atoms with E-state index in [0.717, 1.165) is 0 Å². The molecule has 8 nitrogen and oxygen atoms in total. The third-order valence-corrected chi connectivity index (χ3v) is 7.51. The normalized spacial score (nSPS) is 40.9. The fraction of sp³-hybridized carbons (Fsp3) is 0.550. The molecule has 156 valence electrons. The molecule has 0 amide bonds. The minimum Gasteiger partial charge on any atom is -0.495 e. The highest BCUT2D eigenvalue weighted by molar-refractivity contribution is 6.34. The van der Waals surface area contributed by atoms with Crippen LogP contribution in [0.25, 0.3) is 0 Å². The number of carbonyl (C=O) groups is 3. The molecule has 0 bridgehead atoms. The lowest BCUT2D eigenvalue weighted by Crippen LogP contribution is -2.62. The van der Waals surface area contributed by atoms with E-state index in [0.29, 0.717) is 18.7 Å². The summed E-state index contributed by atoms with van der Waals surface area (Å²) in [5.74, 6) is -2.28. The van der Waals surface area contributed by atoms with E-state index in [2.05, 4.69) is 0 Å². The Kier molecular flexibility index (Phi) is 4.28. The van der Waals surface area contributed by atoms with Gasteiger partial charge in [0.1, 0.15) is 5.54 Å². The van der Waals surface area contributed by atoms with Crippen LogP contribution in [-0.4, -0.2) is 69.2 Å². The molecule has 4 atom stereocenters. The number of likely N-dealkylation sites (tertiary alicyclic amines) is 1. The summed E-state index contributed by atoms with van der Waals surface area (Å²) in [6.07, 6.45) is 5.27. The fourth-order valence-electron chi connectivity index (χ4n) is 5.89. The molecule has 1 heterocycles. The van der Waals surface area contributed by atoms with Gasteiger partial charge in [-0.25, -0.2) is 0 Å². The number of hydrogen-bond donors (Lipinski definition) is 0. The number of likely N-dealkylation sites (N-methyl/N-ethyl adjacent to an activating group) is 1. The van der Waals surface area contributed by atoms with Crippen molar-refractivity contribution in [1.29, 1.82) is 0 Å². The summed E-state index contributed by atoms with van der Waals surface area (Å²) in [5, 5.41) is 0.235. The van der Waals surface area contributed by atoms with Crippen LogP contribution >= 0.6 is 11.6 Å². The molecule has 1 aliphatic heterocycles. The lowest BCUT2D eigenvalue weighted by Gasteiger charge is -2.52. The van der Waals surface area contributed by atoms with Crippen molar-refractivity contribution in [2.75, 3.05) is 34.9 Å². The molecule has 1 fully saturated rings. The lowest BCUT2D eigenvalue weighted by molar-refractivity contribution is -0.197. The van der Waals surface area contributed by atoms with Gasteiger partial charge in [-0.15, -0.1) is 0 Å². The van der Waals surface area contributed by atoms with Crippen molar-refractivity contribution in [3.05, 3.63) is 34.8 Å². The van der Waals surface area contributed by atoms with Gasteiger partial charge in [0.2, 0.25) is 17.3 Å². The Morgan fingerprint density at radius 2 is 1.90 bits per heavy atom. The third-order valence-electron chi connectivity index (χ3n) is 7.10. The van der Waals surface area contributed by atoms with Gasteiger partial charge in [0.05, 0.1) is 19.6 Å². The molecule has 9 heteroatoms. The Hall–Kier alpha value is -2.16. The molecule has 29 heavy (non-hydrogen) atoms.